The Morgan fingerprint density at radius 3 is 1.20 bits per heavy atom. The van der Waals surface area contributed by atoms with Crippen LogP contribution < -0.4 is 0 Å². The van der Waals surface area contributed by atoms with Crippen LogP contribution in [0.4, 0.5) is 0 Å². The Morgan fingerprint density at radius 1 is 0.257 bits per heavy atom. The molecule has 326 valence electrons. The van der Waals surface area contributed by atoms with E-state index in [1.165, 1.54) is 76.8 Å². The number of aromatic nitrogens is 4. The average Bonchev–Trinajstić information content (AvgIpc) is 4.18. The maximum atomic E-state index is 5.45. The second-order valence-corrected chi connectivity index (χ2v) is 21.1. The monoisotopic (exact) mass is 944 g/mol. The van der Waals surface area contributed by atoms with Crippen molar-refractivity contribution in [2.24, 2.45) is 0 Å². The van der Waals surface area contributed by atoms with Gasteiger partial charge < -0.3 is 4.57 Å². The van der Waals surface area contributed by atoms with E-state index in [0.29, 0.717) is 17.5 Å². The first kappa shape index (κ1) is 39.6. The van der Waals surface area contributed by atoms with Gasteiger partial charge in [-0.05, 0) is 71.8 Å². The zero-order chi connectivity index (χ0) is 45.9. The molecule has 0 N–H and O–H groups in total. The summed E-state index contributed by atoms with van der Waals surface area (Å²) in [7, 11) is 0. The van der Waals surface area contributed by atoms with Crippen LogP contribution in [0.1, 0.15) is 0 Å². The molecule has 0 fully saturated rings. The summed E-state index contributed by atoms with van der Waals surface area (Å²) >= 11 is 5.47. The summed E-state index contributed by atoms with van der Waals surface area (Å²) in [6.07, 6.45) is 0. The average molecular weight is 945 g/mol. The molecule has 15 rings (SSSR count). The highest BCUT2D eigenvalue weighted by molar-refractivity contribution is 7.26. The first-order valence-corrected chi connectivity index (χ1v) is 25.9. The maximum Gasteiger partial charge on any atom is 0.164 e. The van der Waals surface area contributed by atoms with Gasteiger partial charge in [0.25, 0.3) is 0 Å². The molecular formula is C63H36N4S3. The van der Waals surface area contributed by atoms with E-state index >= 15 is 0 Å². The van der Waals surface area contributed by atoms with E-state index in [1.807, 2.05) is 11.3 Å². The van der Waals surface area contributed by atoms with E-state index in [1.54, 1.807) is 22.7 Å². The fourth-order valence-electron chi connectivity index (χ4n) is 10.6. The van der Waals surface area contributed by atoms with Gasteiger partial charge in [0, 0.05) is 99.1 Å². The Bertz CT molecular complexity index is 4410. The molecule has 5 aromatic heterocycles. The van der Waals surface area contributed by atoms with E-state index < -0.39 is 0 Å². The van der Waals surface area contributed by atoms with Gasteiger partial charge in [-0.25, -0.2) is 15.0 Å². The van der Waals surface area contributed by atoms with Crippen LogP contribution in [0.15, 0.2) is 218 Å². The minimum absolute atomic E-state index is 0.614. The van der Waals surface area contributed by atoms with Crippen LogP contribution in [-0.4, -0.2) is 19.5 Å². The molecule has 15 aromatic rings. The quantitative estimate of drug-likeness (QED) is 0.167. The minimum atomic E-state index is 0.614. The molecule has 0 bridgehead atoms. The number of hydrogen-bond acceptors (Lipinski definition) is 6. The van der Waals surface area contributed by atoms with Gasteiger partial charge in [-0.2, -0.15) is 0 Å². The number of hydrogen-bond donors (Lipinski definition) is 0. The molecule has 0 spiro atoms. The Kier molecular flexibility index (Phi) is 8.84. The summed E-state index contributed by atoms with van der Waals surface area (Å²) in [6.45, 7) is 0. The summed E-state index contributed by atoms with van der Waals surface area (Å²) in [5.74, 6) is 1.89. The Balaban J connectivity index is 1.02. The smallest absolute Gasteiger partial charge is 0.164 e. The molecule has 0 atom stereocenters. The number of nitrogens with zero attached hydrogens (tertiary/aromatic N) is 4. The first-order valence-electron chi connectivity index (χ1n) is 23.4. The lowest BCUT2D eigenvalue weighted by Crippen LogP contribution is -2.04. The van der Waals surface area contributed by atoms with E-state index in [4.69, 9.17) is 15.0 Å². The number of thiophene rings is 3. The van der Waals surface area contributed by atoms with Gasteiger partial charge in [-0.1, -0.05) is 158 Å². The Morgan fingerprint density at radius 2 is 0.671 bits per heavy atom. The zero-order valence-corrected chi connectivity index (χ0v) is 39.7. The van der Waals surface area contributed by atoms with Crippen LogP contribution in [0.3, 0.4) is 0 Å². The first-order chi connectivity index (χ1) is 34.7. The zero-order valence-electron chi connectivity index (χ0n) is 37.3. The lowest BCUT2D eigenvalue weighted by Gasteiger charge is -2.21. The van der Waals surface area contributed by atoms with Crippen LogP contribution in [-0.2, 0) is 0 Å². The second kappa shape index (κ2) is 15.6. The van der Waals surface area contributed by atoms with Crippen molar-refractivity contribution in [3.05, 3.63) is 218 Å². The summed E-state index contributed by atoms with van der Waals surface area (Å²) in [4.78, 5) is 16.2. The number of benzene rings is 10. The largest absolute Gasteiger partial charge is 0.308 e. The van der Waals surface area contributed by atoms with Gasteiger partial charge in [-0.15, -0.1) is 34.0 Å². The normalized spacial score (nSPS) is 12.0. The van der Waals surface area contributed by atoms with Gasteiger partial charge >= 0.3 is 0 Å². The SMILES string of the molecule is c1ccc(-c2cc(-c3nc(-c4ccc5c(c4)sc4ccccc45)nc(-c4ccc5c(c4)sc4ccccc45)n3)cc(-c3ccccc3)c2-n2c3ccccc3c3cc4c(cc32)sc2ccccc24)cc1. The van der Waals surface area contributed by atoms with Crippen molar-refractivity contribution < 1.29 is 0 Å². The van der Waals surface area contributed by atoms with Gasteiger partial charge in [-0.3, -0.25) is 0 Å². The molecule has 7 heteroatoms. The van der Waals surface area contributed by atoms with E-state index in [0.717, 1.165) is 50.1 Å². The van der Waals surface area contributed by atoms with Crippen LogP contribution in [0.25, 0.3) is 144 Å². The molecule has 4 nitrogen and oxygen atoms in total. The molecule has 70 heavy (non-hydrogen) atoms. The fourth-order valence-corrected chi connectivity index (χ4v) is 14.0. The summed E-state index contributed by atoms with van der Waals surface area (Å²) in [6, 6.07) is 79.3. The van der Waals surface area contributed by atoms with Crippen LogP contribution in [0, 0.1) is 0 Å². The van der Waals surface area contributed by atoms with E-state index in [-0.39, 0.29) is 0 Å². The molecule has 0 unspecified atom stereocenters. The number of para-hydroxylation sites is 1. The predicted octanol–water partition coefficient (Wildman–Crippen LogP) is 18.4. The maximum absolute atomic E-state index is 5.45. The van der Waals surface area contributed by atoms with Crippen LogP contribution in [0.5, 0.6) is 0 Å². The third kappa shape index (κ3) is 6.22. The highest BCUT2D eigenvalue weighted by atomic mass is 32.1. The van der Waals surface area contributed by atoms with Crippen molar-refractivity contribution >= 4 is 116 Å². The minimum Gasteiger partial charge on any atom is -0.308 e. The van der Waals surface area contributed by atoms with Gasteiger partial charge in [0.05, 0.1) is 16.7 Å². The van der Waals surface area contributed by atoms with Crippen molar-refractivity contribution in [2.45, 2.75) is 0 Å². The van der Waals surface area contributed by atoms with Crippen molar-refractivity contribution in [2.75, 3.05) is 0 Å². The van der Waals surface area contributed by atoms with Crippen LogP contribution in [0.2, 0.25) is 0 Å². The molecule has 5 heterocycles. The van der Waals surface area contributed by atoms with E-state index in [9.17, 15) is 0 Å². The topological polar surface area (TPSA) is 43.6 Å². The van der Waals surface area contributed by atoms with Gasteiger partial charge in [0.2, 0.25) is 0 Å². The molecule has 10 aromatic carbocycles. The van der Waals surface area contributed by atoms with Gasteiger partial charge in [0.15, 0.2) is 17.5 Å². The van der Waals surface area contributed by atoms with Crippen LogP contribution >= 0.6 is 34.0 Å². The summed E-state index contributed by atoms with van der Waals surface area (Å²) < 4.78 is 10.0. The highest BCUT2D eigenvalue weighted by Gasteiger charge is 2.24. The second-order valence-electron chi connectivity index (χ2n) is 17.9. The predicted molar refractivity (Wildman–Crippen MR) is 300 cm³/mol. The van der Waals surface area contributed by atoms with Crippen molar-refractivity contribution in [3.8, 4) is 62.1 Å². The van der Waals surface area contributed by atoms with E-state index in [2.05, 4.69) is 223 Å². The van der Waals surface area contributed by atoms with Crippen molar-refractivity contribution in [1.29, 1.82) is 0 Å². The van der Waals surface area contributed by atoms with Gasteiger partial charge in [0.1, 0.15) is 0 Å². The lowest BCUT2D eigenvalue weighted by molar-refractivity contribution is 1.07. The standard InChI is InChI=1S/C63H36N4S3/c1-3-15-37(16-4-1)48-31-41(32-49(38-17-5-2-6-18-38)60(48)67-52-23-11-7-19-42(52)50-35-51-45-22-10-14-26-56(45)70-59(51)36-53(50)67)63-65-61(39-27-29-46-43-20-8-12-24-54(43)68-57(46)33-39)64-62(66-63)40-28-30-47-44-21-9-13-25-55(44)69-58(47)34-40/h1-36H. The third-order valence-electron chi connectivity index (χ3n) is 13.8. The molecule has 0 radical (unpaired) electrons. The molecule has 0 aliphatic carbocycles. The third-order valence-corrected chi connectivity index (χ3v) is 17.2. The molecule has 0 saturated carbocycles. The molecular weight excluding hydrogens is 909 g/mol. The Hall–Kier alpha value is -8.33. The molecule has 0 saturated heterocycles. The lowest BCUT2D eigenvalue weighted by atomic mass is 9.92. The van der Waals surface area contributed by atoms with Crippen molar-refractivity contribution in [3.63, 3.8) is 0 Å². The molecule has 0 aliphatic heterocycles. The number of fused-ring (bicyclic) bond motifs is 12. The fraction of sp³-hybridized carbons (Fsp3) is 0. The molecule has 0 aliphatic rings. The Labute approximate surface area is 413 Å². The summed E-state index contributed by atoms with van der Waals surface area (Å²) in [5.41, 5.74) is 10.6. The number of rotatable bonds is 6. The van der Waals surface area contributed by atoms with Crippen molar-refractivity contribution in [1.82, 2.24) is 19.5 Å². The summed E-state index contributed by atoms with van der Waals surface area (Å²) in [5, 5.41) is 10.0. The highest BCUT2D eigenvalue weighted by Crippen LogP contribution is 2.47. The molecule has 0 amide bonds.